The largest absolute Gasteiger partial charge is 0.437 e. The number of benzene rings is 1. The van der Waals surface area contributed by atoms with Gasteiger partial charge in [-0.15, -0.1) is 0 Å². The van der Waals surface area contributed by atoms with Crippen LogP contribution in [-0.2, 0) is 4.74 Å². The molecule has 0 aliphatic carbocycles. The Morgan fingerprint density at radius 3 is 3.07 bits per heavy atom. The molecule has 1 N–H and O–H groups in total. The van der Waals surface area contributed by atoms with Gasteiger partial charge in [0.15, 0.2) is 6.23 Å². The summed E-state index contributed by atoms with van der Waals surface area (Å²) in [5.74, 6) is 0.683. The highest BCUT2D eigenvalue weighted by Gasteiger charge is 2.21. The molecule has 3 aromatic heterocycles. The van der Waals surface area contributed by atoms with Crippen molar-refractivity contribution in [1.29, 1.82) is 0 Å². The van der Waals surface area contributed by atoms with Gasteiger partial charge in [0, 0.05) is 12.7 Å². The van der Waals surface area contributed by atoms with Gasteiger partial charge in [-0.05, 0) is 37.8 Å². The molecule has 1 aliphatic heterocycles. The van der Waals surface area contributed by atoms with Gasteiger partial charge >= 0.3 is 0 Å². The van der Waals surface area contributed by atoms with Gasteiger partial charge in [0.1, 0.15) is 16.3 Å². The summed E-state index contributed by atoms with van der Waals surface area (Å²) in [5, 5.41) is 5.80. The van der Waals surface area contributed by atoms with E-state index in [0.717, 1.165) is 42.3 Å². The lowest BCUT2D eigenvalue weighted by atomic mass is 10.1. The molecule has 4 heterocycles. The lowest BCUT2D eigenvalue weighted by Crippen LogP contribution is -2.18. The molecule has 5 rings (SSSR count). The molecule has 1 unspecified atom stereocenters. The summed E-state index contributed by atoms with van der Waals surface area (Å²) < 4.78 is 13.9. The van der Waals surface area contributed by atoms with Gasteiger partial charge in [-0.3, -0.25) is 4.79 Å². The monoisotopic (exact) mass is 411 g/mol. The molecular formula is C20H18ClN5O3. The van der Waals surface area contributed by atoms with E-state index in [1.165, 1.54) is 12.4 Å². The normalized spacial score (nSPS) is 17.1. The second kappa shape index (κ2) is 7.13. The van der Waals surface area contributed by atoms with Crippen LogP contribution >= 0.6 is 11.6 Å². The van der Waals surface area contributed by atoms with Crippen LogP contribution in [0.1, 0.15) is 31.1 Å². The highest BCUT2D eigenvalue weighted by Crippen LogP contribution is 2.36. The molecule has 29 heavy (non-hydrogen) atoms. The van der Waals surface area contributed by atoms with Crippen molar-refractivity contribution in [3.8, 4) is 11.6 Å². The number of H-pyrrole nitrogens is 1. The van der Waals surface area contributed by atoms with Crippen molar-refractivity contribution in [2.75, 3.05) is 6.61 Å². The first-order valence-corrected chi connectivity index (χ1v) is 9.80. The van der Waals surface area contributed by atoms with E-state index in [9.17, 15) is 4.79 Å². The fourth-order valence-electron chi connectivity index (χ4n) is 3.68. The second-order valence-electron chi connectivity index (χ2n) is 7.03. The summed E-state index contributed by atoms with van der Waals surface area (Å²) in [7, 11) is 0. The third kappa shape index (κ3) is 3.14. The average molecular weight is 412 g/mol. The third-order valence-electron chi connectivity index (χ3n) is 5.12. The van der Waals surface area contributed by atoms with E-state index < -0.39 is 0 Å². The smallest absolute Gasteiger partial charge is 0.264 e. The Balaban J connectivity index is 1.65. The minimum absolute atomic E-state index is 0.0889. The van der Waals surface area contributed by atoms with E-state index >= 15 is 0 Å². The van der Waals surface area contributed by atoms with Gasteiger partial charge in [0.05, 0.1) is 28.9 Å². The summed E-state index contributed by atoms with van der Waals surface area (Å²) in [6.45, 7) is 2.66. The van der Waals surface area contributed by atoms with Crippen molar-refractivity contribution in [2.24, 2.45) is 0 Å². The molecule has 1 atom stereocenters. The summed E-state index contributed by atoms with van der Waals surface area (Å²) in [6, 6.07) is 5.49. The van der Waals surface area contributed by atoms with Gasteiger partial charge in [0.25, 0.3) is 5.56 Å². The fourth-order valence-corrected chi connectivity index (χ4v) is 3.86. The Labute approximate surface area is 170 Å². The van der Waals surface area contributed by atoms with Crippen molar-refractivity contribution in [3.63, 3.8) is 0 Å². The predicted molar refractivity (Wildman–Crippen MR) is 109 cm³/mol. The second-order valence-corrected chi connectivity index (χ2v) is 7.42. The third-order valence-corrected chi connectivity index (χ3v) is 5.31. The van der Waals surface area contributed by atoms with Gasteiger partial charge in [-0.25, -0.2) is 14.6 Å². The van der Waals surface area contributed by atoms with E-state index in [1.54, 1.807) is 6.20 Å². The summed E-state index contributed by atoms with van der Waals surface area (Å²) in [5.41, 5.74) is 1.86. The van der Waals surface area contributed by atoms with E-state index in [2.05, 4.69) is 20.1 Å². The Morgan fingerprint density at radius 1 is 1.34 bits per heavy atom. The number of halogens is 1. The molecule has 0 bridgehead atoms. The number of hydrogen-bond acceptors (Lipinski definition) is 6. The van der Waals surface area contributed by atoms with Crippen LogP contribution in [0, 0.1) is 6.92 Å². The van der Waals surface area contributed by atoms with E-state index in [-0.39, 0.29) is 28.2 Å². The van der Waals surface area contributed by atoms with E-state index in [1.807, 2.05) is 23.7 Å². The topological polar surface area (TPSA) is 94.9 Å². The number of aryl methyl sites for hydroxylation is 1. The van der Waals surface area contributed by atoms with E-state index in [0.29, 0.717) is 11.3 Å². The van der Waals surface area contributed by atoms with Crippen molar-refractivity contribution in [1.82, 2.24) is 24.7 Å². The van der Waals surface area contributed by atoms with Crippen LogP contribution < -0.4 is 10.3 Å². The number of rotatable bonds is 3. The lowest BCUT2D eigenvalue weighted by molar-refractivity contribution is -0.0366. The highest BCUT2D eigenvalue weighted by atomic mass is 35.5. The van der Waals surface area contributed by atoms with Crippen LogP contribution in [0.3, 0.4) is 0 Å². The lowest BCUT2D eigenvalue weighted by Gasteiger charge is -2.23. The van der Waals surface area contributed by atoms with Gasteiger partial charge in [-0.2, -0.15) is 5.10 Å². The Kier molecular flexibility index (Phi) is 4.44. The Hall–Kier alpha value is -2.97. The van der Waals surface area contributed by atoms with Crippen LogP contribution in [0.2, 0.25) is 5.15 Å². The zero-order valence-corrected chi connectivity index (χ0v) is 16.4. The number of nitrogens with zero attached hydrogens (tertiary/aromatic N) is 4. The number of aromatic nitrogens is 5. The zero-order valence-electron chi connectivity index (χ0n) is 15.7. The van der Waals surface area contributed by atoms with E-state index in [4.69, 9.17) is 21.1 Å². The number of hydrogen-bond donors (Lipinski definition) is 1. The first-order valence-electron chi connectivity index (χ1n) is 9.42. The molecule has 0 spiro atoms. The Morgan fingerprint density at radius 2 is 2.24 bits per heavy atom. The zero-order chi connectivity index (χ0) is 20.0. The molecule has 4 aromatic rings. The molecule has 8 nitrogen and oxygen atoms in total. The maximum atomic E-state index is 12.4. The van der Waals surface area contributed by atoms with Crippen molar-refractivity contribution in [2.45, 2.75) is 32.4 Å². The maximum absolute atomic E-state index is 12.4. The first-order chi connectivity index (χ1) is 14.1. The van der Waals surface area contributed by atoms with Gasteiger partial charge in [-0.1, -0.05) is 17.7 Å². The van der Waals surface area contributed by atoms with Gasteiger partial charge < -0.3 is 14.5 Å². The minimum atomic E-state index is -0.342. The molecule has 0 radical (unpaired) electrons. The molecule has 1 saturated heterocycles. The van der Waals surface area contributed by atoms with Crippen molar-refractivity contribution < 1.29 is 9.47 Å². The molecule has 0 saturated carbocycles. The number of ether oxygens (including phenoxy) is 2. The number of aromatic amines is 1. The van der Waals surface area contributed by atoms with Crippen LogP contribution in [0.25, 0.3) is 21.8 Å². The SMILES string of the molecule is Cc1ccc2c(cnn2C2CCCCO2)c1Oc1nc(Cl)cc2nc[nH]c(=O)c12. The average Bonchev–Trinajstić information content (AvgIpc) is 3.15. The Bertz CT molecular complexity index is 1280. The molecule has 148 valence electrons. The molecule has 1 fully saturated rings. The number of pyridine rings is 1. The number of fused-ring (bicyclic) bond motifs is 2. The molecule has 0 amide bonds. The summed E-state index contributed by atoms with van der Waals surface area (Å²) >= 11 is 6.13. The highest BCUT2D eigenvalue weighted by molar-refractivity contribution is 6.30. The van der Waals surface area contributed by atoms with Gasteiger partial charge in [0.2, 0.25) is 5.88 Å². The summed E-state index contributed by atoms with van der Waals surface area (Å²) in [4.78, 5) is 23.3. The van der Waals surface area contributed by atoms with Crippen LogP contribution in [0.4, 0.5) is 0 Å². The number of nitrogens with one attached hydrogen (secondary N) is 1. The predicted octanol–water partition coefficient (Wildman–Crippen LogP) is 4.12. The fraction of sp³-hybridized carbons (Fsp3) is 0.300. The van der Waals surface area contributed by atoms with Crippen molar-refractivity contribution >= 4 is 33.4 Å². The molecule has 1 aliphatic rings. The first kappa shape index (κ1) is 18.1. The minimum Gasteiger partial charge on any atom is -0.437 e. The standard InChI is InChI=1S/C20H18ClN5O3/c1-11-5-6-14-12(9-24-26(14)16-4-2-3-7-28-16)18(11)29-20-17-13(8-15(21)25-20)22-10-23-19(17)27/h5-6,8-10,16H,2-4,7H2,1H3,(H,22,23,27). The van der Waals surface area contributed by atoms with Crippen LogP contribution in [0.15, 0.2) is 35.5 Å². The molecule has 1 aromatic carbocycles. The summed E-state index contributed by atoms with van der Waals surface area (Å²) in [6.07, 6.45) is 6.08. The quantitative estimate of drug-likeness (QED) is 0.509. The molecular weight excluding hydrogens is 394 g/mol. The van der Waals surface area contributed by atoms with Crippen LogP contribution in [-0.4, -0.2) is 31.3 Å². The van der Waals surface area contributed by atoms with Crippen molar-refractivity contribution in [3.05, 3.63) is 51.8 Å². The maximum Gasteiger partial charge on any atom is 0.264 e. The van der Waals surface area contributed by atoms with Crippen LogP contribution in [0.5, 0.6) is 11.6 Å². The molecule has 9 heteroatoms.